The Labute approximate surface area is 166 Å². The summed E-state index contributed by atoms with van der Waals surface area (Å²) in [6, 6.07) is 23.4. The highest BCUT2D eigenvalue weighted by Crippen LogP contribution is 2.05. The van der Waals surface area contributed by atoms with Crippen LogP contribution >= 0.6 is 0 Å². The SMILES string of the molecule is Cc1cccc(C(=O)OO)c1.O=C(OOC(=O)c1ccccc1)c1ccccc1. The summed E-state index contributed by atoms with van der Waals surface area (Å²) >= 11 is 0. The fourth-order valence-electron chi connectivity index (χ4n) is 2.15. The first-order valence-corrected chi connectivity index (χ1v) is 8.47. The van der Waals surface area contributed by atoms with Crippen molar-refractivity contribution >= 4 is 17.9 Å². The molecule has 0 fully saturated rings. The number of rotatable bonds is 3. The molecule has 0 aliphatic heterocycles. The zero-order valence-electron chi connectivity index (χ0n) is 15.5. The number of carbonyl (C=O) groups is 3. The van der Waals surface area contributed by atoms with E-state index in [1.807, 2.05) is 13.0 Å². The van der Waals surface area contributed by atoms with Crippen LogP contribution in [0.4, 0.5) is 0 Å². The van der Waals surface area contributed by atoms with Gasteiger partial charge in [-0.15, -0.1) is 0 Å². The second kappa shape index (κ2) is 11.0. The lowest BCUT2D eigenvalue weighted by Crippen LogP contribution is -2.11. The van der Waals surface area contributed by atoms with E-state index in [1.165, 1.54) is 0 Å². The van der Waals surface area contributed by atoms with Crippen molar-refractivity contribution in [1.29, 1.82) is 0 Å². The van der Waals surface area contributed by atoms with Gasteiger partial charge >= 0.3 is 17.9 Å². The minimum atomic E-state index is -0.728. The summed E-state index contributed by atoms with van der Waals surface area (Å²) in [5.74, 6) is -2.14. The molecule has 0 aliphatic carbocycles. The molecule has 3 rings (SSSR count). The lowest BCUT2D eigenvalue weighted by atomic mass is 10.1. The molecule has 3 aromatic rings. The monoisotopic (exact) mass is 394 g/mol. The van der Waals surface area contributed by atoms with Gasteiger partial charge in [0.1, 0.15) is 0 Å². The molecule has 0 atom stereocenters. The normalized spacial score (nSPS) is 9.45. The van der Waals surface area contributed by atoms with Crippen LogP contribution in [-0.2, 0) is 14.7 Å². The van der Waals surface area contributed by atoms with Crippen molar-refractivity contribution in [3.63, 3.8) is 0 Å². The smallest absolute Gasteiger partial charge is 0.296 e. The third-order valence-electron chi connectivity index (χ3n) is 3.55. The Kier molecular flexibility index (Phi) is 8.10. The highest BCUT2D eigenvalue weighted by atomic mass is 17.2. The van der Waals surface area contributed by atoms with Gasteiger partial charge in [0.25, 0.3) is 0 Å². The molecule has 7 nitrogen and oxygen atoms in total. The summed E-state index contributed by atoms with van der Waals surface area (Å²) in [5.41, 5.74) is 1.94. The predicted molar refractivity (Wildman–Crippen MR) is 103 cm³/mol. The van der Waals surface area contributed by atoms with Gasteiger partial charge in [-0.05, 0) is 43.3 Å². The first-order valence-electron chi connectivity index (χ1n) is 8.47. The predicted octanol–water partition coefficient (Wildman–Crippen LogP) is 4.24. The lowest BCUT2D eigenvalue weighted by molar-refractivity contribution is -0.187. The average molecular weight is 394 g/mol. The maximum Gasteiger partial charge on any atom is 0.386 e. The molecule has 148 valence electrons. The zero-order valence-corrected chi connectivity index (χ0v) is 15.5. The van der Waals surface area contributed by atoms with E-state index in [0.717, 1.165) is 5.56 Å². The molecule has 0 saturated carbocycles. The van der Waals surface area contributed by atoms with Gasteiger partial charge in [-0.3, -0.25) is 4.89 Å². The molecule has 0 aliphatic rings. The number of carbonyl (C=O) groups excluding carboxylic acids is 3. The van der Waals surface area contributed by atoms with E-state index < -0.39 is 17.9 Å². The van der Waals surface area contributed by atoms with E-state index in [2.05, 4.69) is 14.7 Å². The van der Waals surface area contributed by atoms with Crippen LogP contribution in [0.3, 0.4) is 0 Å². The van der Waals surface area contributed by atoms with Crippen LogP contribution in [0.5, 0.6) is 0 Å². The van der Waals surface area contributed by atoms with Crippen molar-refractivity contribution in [2.24, 2.45) is 0 Å². The highest BCUT2D eigenvalue weighted by Gasteiger charge is 2.13. The molecule has 0 spiro atoms. The summed E-state index contributed by atoms with van der Waals surface area (Å²) < 4.78 is 0. The van der Waals surface area contributed by atoms with Gasteiger partial charge in [0.2, 0.25) is 0 Å². The summed E-state index contributed by atoms with van der Waals surface area (Å²) in [5, 5.41) is 8.03. The van der Waals surface area contributed by atoms with E-state index in [0.29, 0.717) is 16.7 Å². The van der Waals surface area contributed by atoms with E-state index >= 15 is 0 Å². The summed E-state index contributed by atoms with van der Waals surface area (Å²) in [4.78, 5) is 46.1. The van der Waals surface area contributed by atoms with Gasteiger partial charge in [0.05, 0.1) is 16.7 Å². The Bertz CT molecular complexity index is 902. The molecular formula is C22H18O7. The van der Waals surface area contributed by atoms with Crippen molar-refractivity contribution in [2.75, 3.05) is 0 Å². The Morgan fingerprint density at radius 1 is 0.621 bits per heavy atom. The van der Waals surface area contributed by atoms with Crippen molar-refractivity contribution in [2.45, 2.75) is 6.92 Å². The van der Waals surface area contributed by atoms with Crippen molar-refractivity contribution in [3.05, 3.63) is 107 Å². The van der Waals surface area contributed by atoms with Crippen LogP contribution in [0.2, 0.25) is 0 Å². The molecule has 0 radical (unpaired) electrons. The topological polar surface area (TPSA) is 99.1 Å². The third-order valence-corrected chi connectivity index (χ3v) is 3.55. The Morgan fingerprint density at radius 3 is 1.48 bits per heavy atom. The lowest BCUT2D eigenvalue weighted by Gasteiger charge is -2.02. The molecule has 29 heavy (non-hydrogen) atoms. The quantitative estimate of drug-likeness (QED) is 0.524. The van der Waals surface area contributed by atoms with Crippen LogP contribution in [0.15, 0.2) is 84.9 Å². The van der Waals surface area contributed by atoms with Gasteiger partial charge in [0, 0.05) is 0 Å². The first-order chi connectivity index (χ1) is 14.0. The standard InChI is InChI=1S/C14H10O4.C8H8O3/c15-13(11-7-3-1-4-8-11)17-18-14(16)12-9-5-2-6-10-12;1-6-3-2-4-7(5-6)8(9)11-10/h1-10H;2-5,10H,1H3. The average Bonchev–Trinajstić information content (AvgIpc) is 2.78. The van der Waals surface area contributed by atoms with Crippen LogP contribution in [0.25, 0.3) is 0 Å². The number of benzene rings is 3. The van der Waals surface area contributed by atoms with Gasteiger partial charge in [-0.2, -0.15) is 5.26 Å². The Balaban J connectivity index is 0.000000234. The molecule has 0 aromatic heterocycles. The molecule has 0 amide bonds. The maximum atomic E-state index is 11.5. The minimum Gasteiger partial charge on any atom is -0.296 e. The van der Waals surface area contributed by atoms with Gasteiger partial charge in [-0.25, -0.2) is 24.2 Å². The molecule has 0 bridgehead atoms. The molecule has 7 heteroatoms. The van der Waals surface area contributed by atoms with Gasteiger partial charge in [0.15, 0.2) is 0 Å². The second-order valence-corrected chi connectivity index (χ2v) is 5.72. The third kappa shape index (κ3) is 6.93. The fraction of sp³-hybridized carbons (Fsp3) is 0.0455. The molecule has 0 saturated heterocycles. The number of aryl methyl sites for hydroxylation is 1. The van der Waals surface area contributed by atoms with E-state index in [4.69, 9.17) is 5.26 Å². The number of hydrogen-bond acceptors (Lipinski definition) is 7. The largest absolute Gasteiger partial charge is 0.386 e. The van der Waals surface area contributed by atoms with Crippen LogP contribution in [0, 0.1) is 6.92 Å². The Hall–Kier alpha value is -3.97. The van der Waals surface area contributed by atoms with Crippen LogP contribution in [-0.4, -0.2) is 23.2 Å². The van der Waals surface area contributed by atoms with E-state index in [9.17, 15) is 14.4 Å². The Morgan fingerprint density at radius 2 is 1.07 bits per heavy atom. The van der Waals surface area contributed by atoms with Gasteiger partial charge in [-0.1, -0.05) is 54.1 Å². The minimum absolute atomic E-state index is 0.318. The molecule has 0 heterocycles. The van der Waals surface area contributed by atoms with Crippen molar-refractivity contribution in [1.82, 2.24) is 0 Å². The summed E-state index contributed by atoms with van der Waals surface area (Å²) in [6.07, 6.45) is 0. The van der Waals surface area contributed by atoms with Crippen LogP contribution < -0.4 is 0 Å². The van der Waals surface area contributed by atoms with Crippen molar-refractivity contribution in [3.8, 4) is 0 Å². The van der Waals surface area contributed by atoms with E-state index in [1.54, 1.807) is 78.9 Å². The highest BCUT2D eigenvalue weighted by molar-refractivity contribution is 5.92. The maximum absolute atomic E-state index is 11.5. The summed E-state index contributed by atoms with van der Waals surface area (Å²) in [6.45, 7) is 1.86. The fourth-order valence-corrected chi connectivity index (χ4v) is 2.15. The molecule has 3 aromatic carbocycles. The first kappa shape index (κ1) is 21.3. The van der Waals surface area contributed by atoms with Crippen molar-refractivity contribution < 1.29 is 34.3 Å². The second-order valence-electron chi connectivity index (χ2n) is 5.72. The number of hydrogen-bond donors (Lipinski definition) is 1. The van der Waals surface area contributed by atoms with E-state index in [-0.39, 0.29) is 0 Å². The molecule has 0 unspecified atom stereocenters. The molecule has 1 N–H and O–H groups in total. The van der Waals surface area contributed by atoms with Gasteiger partial charge < -0.3 is 0 Å². The zero-order chi connectivity index (χ0) is 21.1. The van der Waals surface area contributed by atoms with Crippen LogP contribution in [0.1, 0.15) is 36.6 Å². The molecular weight excluding hydrogens is 376 g/mol. The summed E-state index contributed by atoms with van der Waals surface area (Å²) in [7, 11) is 0.